The van der Waals surface area contributed by atoms with Crippen molar-refractivity contribution in [3.8, 4) is 0 Å². The summed E-state index contributed by atoms with van der Waals surface area (Å²) in [6.45, 7) is 1.23. The van der Waals surface area contributed by atoms with Crippen molar-refractivity contribution in [3.63, 3.8) is 0 Å². The molecule has 0 atom stereocenters. The number of hydrogen-bond donors (Lipinski definition) is 2. The third-order valence-corrected chi connectivity index (χ3v) is 3.59. The minimum Gasteiger partial charge on any atom is -0.330 e. The number of hydrogen-bond acceptors (Lipinski definition) is 8. The molecule has 0 fully saturated rings. The van der Waals surface area contributed by atoms with E-state index in [-0.39, 0.29) is 0 Å². The first-order valence-corrected chi connectivity index (χ1v) is 8.71. The maximum absolute atomic E-state index is 7.68. The third-order valence-electron chi connectivity index (χ3n) is 3.59. The molecule has 0 heterocycles. The third kappa shape index (κ3) is 21.7. The fourth-order valence-corrected chi connectivity index (χ4v) is 2.34. The molecule has 0 aromatic carbocycles. The van der Waals surface area contributed by atoms with Crippen LogP contribution in [0.2, 0.25) is 0 Å². The largest absolute Gasteiger partial charge is 0.330 e. The summed E-state index contributed by atoms with van der Waals surface area (Å²) < 4.78 is 0. The van der Waals surface area contributed by atoms with Gasteiger partial charge < -0.3 is 5.73 Å². The molecule has 0 rings (SSSR count). The lowest BCUT2D eigenvalue weighted by Crippen LogP contribution is -2.00. The highest BCUT2D eigenvalue weighted by atomic mass is 17.9. The smallest absolute Gasteiger partial charge is 0.0855 e. The van der Waals surface area contributed by atoms with E-state index >= 15 is 0 Å². The van der Waals surface area contributed by atoms with Crippen LogP contribution in [0.1, 0.15) is 83.5 Å². The second kappa shape index (κ2) is 21.7. The summed E-state index contributed by atoms with van der Waals surface area (Å²) in [6, 6.07) is 0. The van der Waals surface area contributed by atoms with Gasteiger partial charge in [0.1, 0.15) is 0 Å². The van der Waals surface area contributed by atoms with Crippen LogP contribution in [0.4, 0.5) is 0 Å². The van der Waals surface area contributed by atoms with Crippen molar-refractivity contribution >= 4 is 0 Å². The van der Waals surface area contributed by atoms with Crippen molar-refractivity contribution in [2.24, 2.45) is 5.73 Å². The lowest BCUT2D eigenvalue weighted by Gasteiger charge is -2.03. The van der Waals surface area contributed by atoms with Crippen molar-refractivity contribution in [1.29, 1.82) is 0 Å². The van der Waals surface area contributed by atoms with Gasteiger partial charge in [0.05, 0.1) is 6.61 Å². The zero-order valence-corrected chi connectivity index (χ0v) is 14.1. The Labute approximate surface area is 138 Å². The first-order valence-electron chi connectivity index (χ1n) is 8.71. The Bertz CT molecular complexity index is 190. The van der Waals surface area contributed by atoms with Gasteiger partial charge in [0.2, 0.25) is 0 Å². The van der Waals surface area contributed by atoms with E-state index in [0.29, 0.717) is 6.61 Å². The highest BCUT2D eigenvalue weighted by molar-refractivity contribution is 4.49. The minimum absolute atomic E-state index is 0.396. The fraction of sp³-hybridized carbons (Fsp3) is 1.00. The Morgan fingerprint density at radius 3 is 1.43 bits per heavy atom. The van der Waals surface area contributed by atoms with Gasteiger partial charge >= 0.3 is 0 Å². The second-order valence-corrected chi connectivity index (χ2v) is 5.55. The molecular weight excluding hydrogens is 306 g/mol. The molecule has 0 amide bonds. The standard InChI is InChI=1S/C15H33NO7/c16-14-12-10-8-6-4-2-1-3-5-7-9-11-13-15-18-20-22-23-21-19-17/h17H,1-16H2. The van der Waals surface area contributed by atoms with E-state index in [1.54, 1.807) is 0 Å². The Kier molecular flexibility index (Phi) is 21.4. The summed E-state index contributed by atoms with van der Waals surface area (Å²) in [7, 11) is 0. The minimum atomic E-state index is 0.396. The molecule has 0 aromatic rings. The molecule has 8 heteroatoms. The van der Waals surface area contributed by atoms with Gasteiger partial charge in [0, 0.05) is 0 Å². The molecule has 3 N–H and O–H groups in total. The van der Waals surface area contributed by atoms with Gasteiger partial charge in [0.25, 0.3) is 0 Å². The van der Waals surface area contributed by atoms with Crippen molar-refractivity contribution < 1.29 is 35.3 Å². The van der Waals surface area contributed by atoms with E-state index in [1.807, 2.05) is 0 Å². The molecule has 0 bridgehead atoms. The zero-order chi connectivity index (χ0) is 16.8. The second-order valence-electron chi connectivity index (χ2n) is 5.55. The van der Waals surface area contributed by atoms with Gasteiger partial charge in [0.15, 0.2) is 0 Å². The summed E-state index contributed by atoms with van der Waals surface area (Å²) in [6.07, 6.45) is 16.3. The van der Waals surface area contributed by atoms with Crippen molar-refractivity contribution in [3.05, 3.63) is 0 Å². The van der Waals surface area contributed by atoms with Crippen LogP contribution in [0.5, 0.6) is 0 Å². The van der Waals surface area contributed by atoms with E-state index in [9.17, 15) is 0 Å². The Hall–Kier alpha value is -0.320. The molecule has 0 aliphatic rings. The predicted octanol–water partition coefficient (Wildman–Crippen LogP) is 4.16. The summed E-state index contributed by atoms with van der Waals surface area (Å²) in [5.41, 5.74) is 5.47. The van der Waals surface area contributed by atoms with Crippen LogP contribution in [0, 0.1) is 0 Å². The molecule has 0 aromatic heterocycles. The maximum Gasteiger partial charge on any atom is 0.0855 e. The van der Waals surface area contributed by atoms with Crippen LogP contribution in [-0.2, 0) is 30.1 Å². The first kappa shape index (κ1) is 22.7. The monoisotopic (exact) mass is 339 g/mol. The summed E-state index contributed by atoms with van der Waals surface area (Å²) in [5, 5.41) is 25.9. The van der Waals surface area contributed by atoms with Crippen LogP contribution in [-0.4, -0.2) is 18.4 Å². The van der Waals surface area contributed by atoms with Gasteiger partial charge in [-0.25, -0.2) is 10.1 Å². The molecule has 0 spiro atoms. The van der Waals surface area contributed by atoms with Gasteiger partial charge in [-0.05, 0) is 44.6 Å². The van der Waals surface area contributed by atoms with E-state index in [0.717, 1.165) is 19.4 Å². The predicted molar refractivity (Wildman–Crippen MR) is 83.1 cm³/mol. The van der Waals surface area contributed by atoms with Gasteiger partial charge in [-0.1, -0.05) is 70.6 Å². The average Bonchev–Trinajstić information content (AvgIpc) is 2.57. The van der Waals surface area contributed by atoms with Gasteiger partial charge in [-0.15, -0.1) is 0 Å². The molecule has 0 saturated heterocycles. The molecule has 0 aliphatic carbocycles. The molecule has 0 aliphatic heterocycles. The molecule has 0 radical (unpaired) electrons. The Balaban J connectivity index is 2.92. The van der Waals surface area contributed by atoms with Crippen molar-refractivity contribution in [2.75, 3.05) is 13.2 Å². The van der Waals surface area contributed by atoms with Crippen LogP contribution >= 0.6 is 0 Å². The van der Waals surface area contributed by atoms with E-state index in [4.69, 9.17) is 11.0 Å². The highest BCUT2D eigenvalue weighted by Gasteiger charge is 1.96. The average molecular weight is 339 g/mol. The number of rotatable bonds is 20. The molecule has 0 saturated carbocycles. The Morgan fingerprint density at radius 1 is 0.522 bits per heavy atom. The molecule has 23 heavy (non-hydrogen) atoms. The van der Waals surface area contributed by atoms with Crippen LogP contribution in [0.15, 0.2) is 0 Å². The zero-order valence-electron chi connectivity index (χ0n) is 14.1. The van der Waals surface area contributed by atoms with Crippen LogP contribution in [0.3, 0.4) is 0 Å². The molecular formula is C15H33NO7. The van der Waals surface area contributed by atoms with Crippen molar-refractivity contribution in [2.45, 2.75) is 83.5 Å². The topological polar surface area (TPSA) is 102 Å². The number of nitrogens with two attached hydrogens (primary N) is 1. The lowest BCUT2D eigenvalue weighted by atomic mass is 10.0. The summed E-state index contributed by atoms with van der Waals surface area (Å²) in [5.74, 6) is 0. The highest BCUT2D eigenvalue weighted by Crippen LogP contribution is 2.12. The molecule has 0 unspecified atom stereocenters. The first-order chi connectivity index (χ1) is 11.4. The van der Waals surface area contributed by atoms with E-state index in [2.05, 4.69) is 30.1 Å². The van der Waals surface area contributed by atoms with Crippen LogP contribution in [0.25, 0.3) is 0 Å². The molecule has 8 nitrogen and oxygen atoms in total. The van der Waals surface area contributed by atoms with Gasteiger partial charge in [-0.2, -0.15) is 0 Å². The number of unbranched alkanes of at least 4 members (excludes halogenated alkanes) is 12. The maximum atomic E-state index is 7.68. The van der Waals surface area contributed by atoms with E-state index < -0.39 is 0 Å². The fourth-order valence-electron chi connectivity index (χ4n) is 2.34. The molecule has 140 valence electrons. The quantitative estimate of drug-likeness (QED) is 0.194. The normalized spacial score (nSPS) is 11.2. The van der Waals surface area contributed by atoms with Crippen LogP contribution < -0.4 is 5.73 Å². The lowest BCUT2D eigenvalue weighted by molar-refractivity contribution is -0.787. The summed E-state index contributed by atoms with van der Waals surface area (Å²) >= 11 is 0. The van der Waals surface area contributed by atoms with Crippen molar-refractivity contribution in [1.82, 2.24) is 0 Å². The van der Waals surface area contributed by atoms with E-state index in [1.165, 1.54) is 70.6 Å². The van der Waals surface area contributed by atoms with Gasteiger partial charge in [-0.3, -0.25) is 0 Å². The summed E-state index contributed by atoms with van der Waals surface area (Å²) in [4.78, 5) is 4.62. The Morgan fingerprint density at radius 2 is 0.957 bits per heavy atom. The SMILES string of the molecule is NCCCCCCCCCCCCCCCOOOOOOO.